The topological polar surface area (TPSA) is 127 Å². The van der Waals surface area contributed by atoms with E-state index in [1.54, 1.807) is 4.31 Å². The lowest BCUT2D eigenvalue weighted by molar-refractivity contribution is -0.159. The van der Waals surface area contributed by atoms with Gasteiger partial charge in [-0.3, -0.25) is 14.5 Å². The standard InChI is InChI=1S/C33H43N7O5S/c1-45-36-31(41)33-18-22-16-23(19-33)30(24(17-22)20-33)35-32(42)40-15-14-39(27-4-2-3-5-28(27)40)29-9-6-25(21-34-29)37-10-12-38(13-11-37)46(43,44)26-7-8-26/h2-6,9,21-24,26,30H,7-8,10-20H2,1H3,(H,35,42)(H,36,41). The number of piperazine rings is 1. The lowest BCUT2D eigenvalue weighted by atomic mass is 9.47. The Balaban J connectivity index is 0.936. The molecule has 2 atom stereocenters. The van der Waals surface area contributed by atoms with E-state index in [9.17, 15) is 18.0 Å². The molecule has 5 aliphatic carbocycles. The molecule has 2 aromatic rings. The fourth-order valence-corrected chi connectivity index (χ4v) is 11.1. The van der Waals surface area contributed by atoms with Crippen LogP contribution in [-0.4, -0.2) is 87.3 Å². The predicted octanol–water partition coefficient (Wildman–Crippen LogP) is 3.24. The van der Waals surface area contributed by atoms with E-state index in [4.69, 9.17) is 9.82 Å². The van der Waals surface area contributed by atoms with Gasteiger partial charge in [0.1, 0.15) is 5.82 Å². The number of fused-ring (bicyclic) bond motifs is 1. The summed E-state index contributed by atoms with van der Waals surface area (Å²) in [6.07, 6.45) is 8.07. The van der Waals surface area contributed by atoms with Crippen molar-refractivity contribution >= 4 is 44.8 Å². The summed E-state index contributed by atoms with van der Waals surface area (Å²) in [6, 6.07) is 12.0. The quantitative estimate of drug-likeness (QED) is 0.438. The number of hydroxylamine groups is 1. The number of nitrogens with one attached hydrogen (secondary N) is 2. The van der Waals surface area contributed by atoms with Gasteiger partial charge in [-0.15, -0.1) is 0 Å². The van der Waals surface area contributed by atoms with Crippen molar-refractivity contribution in [3.63, 3.8) is 0 Å². The Labute approximate surface area is 270 Å². The maximum absolute atomic E-state index is 13.9. The minimum absolute atomic E-state index is 0.00670. The molecule has 0 radical (unpaired) electrons. The third-order valence-electron chi connectivity index (χ3n) is 11.4. The number of hydrogen-bond donors (Lipinski definition) is 2. The summed E-state index contributed by atoms with van der Waals surface area (Å²) < 4.78 is 26.9. The molecule has 6 fully saturated rings. The monoisotopic (exact) mass is 649 g/mol. The van der Waals surface area contributed by atoms with Gasteiger partial charge in [0.15, 0.2) is 0 Å². The SMILES string of the molecule is CONC(=O)C12CC3CC(C1)C(NC(=O)N1CCN(c4ccc(N5CCN(S(=O)(=O)C6CC6)CC5)cn4)c4ccccc41)C(C3)C2. The lowest BCUT2D eigenvalue weighted by Gasteiger charge is -2.59. The number of pyridine rings is 1. The summed E-state index contributed by atoms with van der Waals surface area (Å²) in [5, 5.41) is 3.25. The normalized spacial score (nSPS) is 30.7. The zero-order chi connectivity index (χ0) is 31.6. The molecular weight excluding hydrogens is 606 g/mol. The molecule has 1 aromatic carbocycles. The van der Waals surface area contributed by atoms with Crippen molar-refractivity contribution in [1.29, 1.82) is 0 Å². The fourth-order valence-electron chi connectivity index (χ4n) is 9.27. The van der Waals surface area contributed by atoms with Crippen molar-refractivity contribution < 1.29 is 22.8 Å². The largest absolute Gasteiger partial charge is 0.368 e. The Morgan fingerprint density at radius 1 is 0.913 bits per heavy atom. The second-order valence-corrected chi connectivity index (χ2v) is 16.4. The molecule has 3 heterocycles. The zero-order valence-electron chi connectivity index (χ0n) is 26.3. The molecular formula is C33H43N7O5S. The predicted molar refractivity (Wildman–Crippen MR) is 174 cm³/mol. The van der Waals surface area contributed by atoms with E-state index in [2.05, 4.69) is 26.7 Å². The van der Waals surface area contributed by atoms with Crippen LogP contribution in [0.1, 0.15) is 44.9 Å². The molecule has 1 saturated heterocycles. The van der Waals surface area contributed by atoms with Gasteiger partial charge in [0, 0.05) is 45.3 Å². The number of amides is 3. The average Bonchev–Trinajstić information content (AvgIpc) is 3.93. The summed E-state index contributed by atoms with van der Waals surface area (Å²) in [4.78, 5) is 42.9. The molecule has 5 saturated carbocycles. The highest BCUT2D eigenvalue weighted by Gasteiger charge is 2.59. The molecule has 1 aromatic heterocycles. The number of sulfonamides is 1. The first kappa shape index (κ1) is 29.9. The number of urea groups is 1. The van der Waals surface area contributed by atoms with E-state index in [1.165, 1.54) is 7.11 Å². The lowest BCUT2D eigenvalue weighted by Crippen LogP contribution is -2.63. The van der Waals surface area contributed by atoms with Gasteiger partial charge in [0.05, 0.1) is 41.0 Å². The van der Waals surface area contributed by atoms with Gasteiger partial charge < -0.3 is 15.1 Å². The Bertz CT molecular complexity index is 1590. The van der Waals surface area contributed by atoms with Gasteiger partial charge in [-0.25, -0.2) is 23.7 Å². The van der Waals surface area contributed by atoms with Crippen LogP contribution >= 0.6 is 0 Å². The molecule has 9 rings (SSSR count). The van der Waals surface area contributed by atoms with Gasteiger partial charge in [-0.05, 0) is 87.0 Å². The van der Waals surface area contributed by atoms with Crippen LogP contribution in [0.3, 0.4) is 0 Å². The molecule has 46 heavy (non-hydrogen) atoms. The van der Waals surface area contributed by atoms with Crippen LogP contribution in [0.2, 0.25) is 0 Å². The van der Waals surface area contributed by atoms with E-state index in [0.29, 0.717) is 57.0 Å². The van der Waals surface area contributed by atoms with Crippen LogP contribution < -0.4 is 25.5 Å². The maximum atomic E-state index is 13.9. The number of carbonyl (C=O) groups is 2. The minimum Gasteiger partial charge on any atom is -0.368 e. The summed E-state index contributed by atoms with van der Waals surface area (Å²) in [5.41, 5.74) is 4.99. The Kier molecular flexibility index (Phi) is 7.41. The minimum atomic E-state index is -3.14. The van der Waals surface area contributed by atoms with Crippen molar-refractivity contribution in [3.8, 4) is 0 Å². The second-order valence-electron chi connectivity index (χ2n) is 14.2. The van der Waals surface area contributed by atoms with E-state index >= 15 is 0 Å². The van der Waals surface area contributed by atoms with E-state index in [-0.39, 0.29) is 28.6 Å². The summed E-state index contributed by atoms with van der Waals surface area (Å²) >= 11 is 0. The van der Waals surface area contributed by atoms with E-state index in [0.717, 1.165) is 67.8 Å². The third kappa shape index (κ3) is 5.11. The molecule has 0 spiro atoms. The molecule has 13 heteroatoms. The molecule has 2 unspecified atom stereocenters. The highest BCUT2D eigenvalue weighted by molar-refractivity contribution is 7.90. The van der Waals surface area contributed by atoms with Crippen LogP contribution in [0, 0.1) is 23.2 Å². The van der Waals surface area contributed by atoms with Crippen LogP contribution in [0.15, 0.2) is 42.6 Å². The van der Waals surface area contributed by atoms with Gasteiger partial charge >= 0.3 is 6.03 Å². The average molecular weight is 650 g/mol. The second kappa shape index (κ2) is 11.4. The first-order valence-corrected chi connectivity index (χ1v) is 18.2. The van der Waals surface area contributed by atoms with Gasteiger partial charge in [-0.2, -0.15) is 4.31 Å². The molecule has 3 amide bonds. The summed E-state index contributed by atoms with van der Waals surface area (Å²) in [5.74, 6) is 1.93. The maximum Gasteiger partial charge on any atom is 0.322 e. The summed E-state index contributed by atoms with van der Waals surface area (Å²) in [7, 11) is -1.66. The van der Waals surface area contributed by atoms with Crippen molar-refractivity contribution in [2.75, 3.05) is 61.1 Å². The Hall–Kier alpha value is -3.42. The molecule has 7 aliphatic rings. The van der Waals surface area contributed by atoms with Crippen LogP contribution in [0.4, 0.5) is 27.7 Å². The van der Waals surface area contributed by atoms with Crippen LogP contribution in [0.5, 0.6) is 0 Å². The van der Waals surface area contributed by atoms with Crippen molar-refractivity contribution in [2.45, 2.75) is 56.2 Å². The fraction of sp³-hybridized carbons (Fsp3) is 0.606. The third-order valence-corrected chi connectivity index (χ3v) is 13.8. The van der Waals surface area contributed by atoms with Crippen molar-refractivity contribution in [3.05, 3.63) is 42.6 Å². The Morgan fingerprint density at radius 2 is 1.63 bits per heavy atom. The highest BCUT2D eigenvalue weighted by atomic mass is 32.2. The van der Waals surface area contributed by atoms with Gasteiger partial charge in [0.2, 0.25) is 15.9 Å². The van der Waals surface area contributed by atoms with Crippen molar-refractivity contribution in [1.82, 2.24) is 20.1 Å². The van der Waals surface area contributed by atoms with Crippen LogP contribution in [0.25, 0.3) is 0 Å². The summed E-state index contributed by atoms with van der Waals surface area (Å²) in [6.45, 7) is 3.43. The highest BCUT2D eigenvalue weighted by Crippen LogP contribution is 2.60. The first-order chi connectivity index (χ1) is 22.3. The number of hydrogen-bond acceptors (Lipinski definition) is 8. The molecule has 4 bridgehead atoms. The smallest absolute Gasteiger partial charge is 0.322 e. The number of anilines is 4. The van der Waals surface area contributed by atoms with E-state index in [1.807, 2.05) is 41.4 Å². The zero-order valence-corrected chi connectivity index (χ0v) is 27.1. The van der Waals surface area contributed by atoms with Crippen LogP contribution in [-0.2, 0) is 19.7 Å². The molecule has 2 N–H and O–H groups in total. The first-order valence-electron chi connectivity index (χ1n) is 16.7. The number of nitrogens with zero attached hydrogens (tertiary/aromatic N) is 5. The van der Waals surface area contributed by atoms with Gasteiger partial charge in [-0.1, -0.05) is 12.1 Å². The molecule has 246 valence electrons. The number of aromatic nitrogens is 1. The number of carbonyl (C=O) groups excluding carboxylic acids is 2. The number of rotatable bonds is 7. The molecule has 2 aliphatic heterocycles. The Morgan fingerprint density at radius 3 is 2.28 bits per heavy atom. The van der Waals surface area contributed by atoms with Gasteiger partial charge in [0.25, 0.3) is 0 Å². The number of para-hydroxylation sites is 2. The molecule has 12 nitrogen and oxygen atoms in total. The number of benzene rings is 1. The van der Waals surface area contributed by atoms with E-state index < -0.39 is 10.0 Å². The van der Waals surface area contributed by atoms with Crippen molar-refractivity contribution in [2.24, 2.45) is 23.2 Å².